The van der Waals surface area contributed by atoms with Crippen LogP contribution < -0.4 is 4.74 Å². The molecule has 0 spiro atoms. The molecule has 2 rings (SSSR count). The third kappa shape index (κ3) is 5.81. The molecule has 0 heterocycles. The van der Waals surface area contributed by atoms with Crippen molar-refractivity contribution in [1.29, 1.82) is 0 Å². The summed E-state index contributed by atoms with van der Waals surface area (Å²) in [6.45, 7) is 2.21. The van der Waals surface area contributed by atoms with Gasteiger partial charge in [-0.1, -0.05) is 42.5 Å². The van der Waals surface area contributed by atoms with Gasteiger partial charge >= 0.3 is 5.97 Å². The van der Waals surface area contributed by atoms with E-state index in [0.717, 1.165) is 11.1 Å². The minimum atomic E-state index is -1.47. The zero-order chi connectivity index (χ0) is 17.4. The van der Waals surface area contributed by atoms with Crippen LogP contribution in [0.25, 0.3) is 0 Å². The van der Waals surface area contributed by atoms with Crippen LogP contribution in [0.5, 0.6) is 5.75 Å². The van der Waals surface area contributed by atoms with Crippen LogP contribution in [0.4, 0.5) is 0 Å². The molecule has 0 saturated carbocycles. The Labute approximate surface area is 144 Å². The predicted octanol–water partition coefficient (Wildman–Crippen LogP) is 3.21. The van der Waals surface area contributed by atoms with Crippen LogP contribution >= 0.6 is 0 Å². The maximum absolute atomic E-state index is 12.3. The lowest BCUT2D eigenvalue weighted by Crippen LogP contribution is -2.29. The van der Waals surface area contributed by atoms with Crippen molar-refractivity contribution in [1.82, 2.24) is 0 Å². The normalized spacial score (nSPS) is 13.2. The third-order valence-electron chi connectivity index (χ3n) is 3.67. The Hall–Kier alpha value is -2.14. The molecular weight excluding hydrogens is 324 g/mol. The molecule has 1 N–H and O–H groups in total. The van der Waals surface area contributed by atoms with Crippen molar-refractivity contribution in [3.05, 3.63) is 65.7 Å². The van der Waals surface area contributed by atoms with Crippen molar-refractivity contribution < 1.29 is 18.8 Å². The summed E-state index contributed by atoms with van der Waals surface area (Å²) < 4.78 is 17.9. The number of hydrogen-bond donors (Lipinski definition) is 1. The maximum Gasteiger partial charge on any atom is 0.319 e. The first-order valence-corrected chi connectivity index (χ1v) is 9.28. The Bertz CT molecular complexity index is 685. The van der Waals surface area contributed by atoms with E-state index in [1.54, 1.807) is 0 Å². The van der Waals surface area contributed by atoms with E-state index in [-0.39, 0.29) is 12.4 Å². The average Bonchev–Trinajstić information content (AvgIpc) is 2.56. The summed E-state index contributed by atoms with van der Waals surface area (Å²) >= 11 is 0. The molecule has 2 aromatic carbocycles. The minimum absolute atomic E-state index is 0.208. The second-order valence-corrected chi connectivity index (χ2v) is 7.34. The van der Waals surface area contributed by atoms with Gasteiger partial charge < -0.3 is 9.84 Å². The lowest BCUT2D eigenvalue weighted by atomic mass is 10.1. The van der Waals surface area contributed by atoms with E-state index < -0.39 is 22.0 Å². The summed E-state index contributed by atoms with van der Waals surface area (Å²) in [4.78, 5) is 11.4. The first-order chi connectivity index (χ1) is 11.6. The molecule has 0 radical (unpaired) electrons. The SMILES string of the molecule is Cc1cccc(OCCS(=O)C(CCc2ccccc2)C(=O)O)c1. The predicted molar refractivity (Wildman–Crippen MR) is 95.9 cm³/mol. The Morgan fingerprint density at radius 3 is 2.58 bits per heavy atom. The Balaban J connectivity index is 1.83. The first kappa shape index (κ1) is 18.2. The first-order valence-electron chi connectivity index (χ1n) is 7.89. The number of carboxylic acid groups (broad SMARTS) is 1. The van der Waals surface area contributed by atoms with Gasteiger partial charge in [-0.15, -0.1) is 0 Å². The van der Waals surface area contributed by atoms with Crippen molar-refractivity contribution >= 4 is 16.8 Å². The Morgan fingerprint density at radius 2 is 1.92 bits per heavy atom. The smallest absolute Gasteiger partial charge is 0.319 e. The van der Waals surface area contributed by atoms with E-state index in [4.69, 9.17) is 4.74 Å². The molecule has 0 saturated heterocycles. The number of aliphatic carboxylic acids is 1. The number of aryl methyl sites for hydroxylation is 2. The molecule has 0 fully saturated rings. The summed E-state index contributed by atoms with van der Waals surface area (Å²) in [7, 11) is -1.47. The van der Waals surface area contributed by atoms with E-state index in [1.165, 1.54) is 0 Å². The molecule has 0 amide bonds. The standard InChI is InChI=1S/C19H22O4S/c1-15-6-5-9-17(14-15)23-12-13-24(22)18(19(20)21)11-10-16-7-3-2-4-8-16/h2-9,14,18H,10-13H2,1H3,(H,20,21). The largest absolute Gasteiger partial charge is 0.493 e. The van der Waals surface area contributed by atoms with E-state index in [0.29, 0.717) is 18.6 Å². The fraction of sp³-hybridized carbons (Fsp3) is 0.316. The molecule has 24 heavy (non-hydrogen) atoms. The average molecular weight is 346 g/mol. The highest BCUT2D eigenvalue weighted by Gasteiger charge is 2.24. The van der Waals surface area contributed by atoms with Crippen molar-refractivity contribution in [3.8, 4) is 5.75 Å². The molecule has 0 aliphatic carbocycles. The quantitative estimate of drug-likeness (QED) is 0.757. The number of carboxylic acids is 1. The van der Waals surface area contributed by atoms with Gasteiger partial charge in [0.25, 0.3) is 0 Å². The van der Waals surface area contributed by atoms with Gasteiger partial charge in [0.2, 0.25) is 0 Å². The van der Waals surface area contributed by atoms with Crippen LogP contribution in [0.1, 0.15) is 17.5 Å². The van der Waals surface area contributed by atoms with Gasteiger partial charge in [0.15, 0.2) is 0 Å². The van der Waals surface area contributed by atoms with E-state index in [2.05, 4.69) is 0 Å². The molecular formula is C19H22O4S. The molecule has 5 heteroatoms. The summed E-state index contributed by atoms with van der Waals surface area (Å²) in [6.07, 6.45) is 0.957. The highest BCUT2D eigenvalue weighted by Crippen LogP contribution is 2.13. The zero-order valence-electron chi connectivity index (χ0n) is 13.7. The molecule has 128 valence electrons. The van der Waals surface area contributed by atoms with E-state index >= 15 is 0 Å². The Morgan fingerprint density at radius 1 is 1.17 bits per heavy atom. The van der Waals surface area contributed by atoms with Crippen LogP contribution in [0.3, 0.4) is 0 Å². The summed E-state index contributed by atoms with van der Waals surface area (Å²) in [5.41, 5.74) is 2.14. The van der Waals surface area contributed by atoms with Gasteiger partial charge in [-0.2, -0.15) is 0 Å². The summed E-state index contributed by atoms with van der Waals surface area (Å²) in [5.74, 6) is -0.0948. The van der Waals surface area contributed by atoms with Gasteiger partial charge in [0.1, 0.15) is 11.0 Å². The highest BCUT2D eigenvalue weighted by atomic mass is 32.2. The van der Waals surface area contributed by atoms with Crippen molar-refractivity contribution in [3.63, 3.8) is 0 Å². The number of ether oxygens (including phenoxy) is 1. The van der Waals surface area contributed by atoms with Crippen molar-refractivity contribution in [2.24, 2.45) is 0 Å². The van der Waals surface area contributed by atoms with Crippen LogP contribution in [0, 0.1) is 6.92 Å². The van der Waals surface area contributed by atoms with Crippen LogP contribution in [0.15, 0.2) is 54.6 Å². The number of rotatable bonds is 9. The molecule has 0 aliphatic heterocycles. The van der Waals surface area contributed by atoms with E-state index in [1.807, 2.05) is 61.5 Å². The molecule has 4 nitrogen and oxygen atoms in total. The second-order valence-electron chi connectivity index (χ2n) is 5.60. The van der Waals surface area contributed by atoms with Gasteiger partial charge in [-0.25, -0.2) is 0 Å². The minimum Gasteiger partial charge on any atom is -0.493 e. The second kappa shape index (κ2) is 9.23. The topological polar surface area (TPSA) is 63.6 Å². The highest BCUT2D eigenvalue weighted by molar-refractivity contribution is 7.86. The monoisotopic (exact) mass is 346 g/mol. The molecule has 2 atom stereocenters. The van der Waals surface area contributed by atoms with Crippen LogP contribution in [0.2, 0.25) is 0 Å². The lowest BCUT2D eigenvalue weighted by molar-refractivity contribution is -0.136. The van der Waals surface area contributed by atoms with Crippen molar-refractivity contribution in [2.75, 3.05) is 12.4 Å². The van der Waals surface area contributed by atoms with Crippen LogP contribution in [-0.4, -0.2) is 32.9 Å². The number of carbonyl (C=O) groups is 1. The molecule has 2 aromatic rings. The lowest BCUT2D eigenvalue weighted by Gasteiger charge is -2.13. The zero-order valence-corrected chi connectivity index (χ0v) is 14.5. The van der Waals surface area contributed by atoms with E-state index in [9.17, 15) is 14.1 Å². The van der Waals surface area contributed by atoms with Gasteiger partial charge in [0.05, 0.1) is 12.4 Å². The maximum atomic E-state index is 12.3. The van der Waals surface area contributed by atoms with Gasteiger partial charge in [-0.3, -0.25) is 9.00 Å². The summed E-state index contributed by atoms with van der Waals surface area (Å²) in [6, 6.07) is 17.2. The summed E-state index contributed by atoms with van der Waals surface area (Å²) in [5, 5.41) is 8.47. The third-order valence-corrected chi connectivity index (χ3v) is 5.31. The van der Waals surface area contributed by atoms with Gasteiger partial charge in [-0.05, 0) is 43.0 Å². The van der Waals surface area contributed by atoms with Gasteiger partial charge in [0, 0.05) is 10.8 Å². The molecule has 2 unspecified atom stereocenters. The molecule has 0 bridgehead atoms. The number of benzene rings is 2. The molecule has 0 aliphatic rings. The Kier molecular flexibility index (Phi) is 7.00. The fourth-order valence-corrected chi connectivity index (χ4v) is 3.54. The molecule has 0 aromatic heterocycles. The van der Waals surface area contributed by atoms with Crippen LogP contribution in [-0.2, 0) is 22.0 Å². The number of hydrogen-bond acceptors (Lipinski definition) is 3. The fourth-order valence-electron chi connectivity index (χ4n) is 2.40. The van der Waals surface area contributed by atoms with Crippen molar-refractivity contribution in [2.45, 2.75) is 25.0 Å².